The molecular weight excluding hydrogens is 180 g/mol. The first-order valence-electron chi connectivity index (χ1n) is 4.22. The third-order valence-electron chi connectivity index (χ3n) is 1.64. The summed E-state index contributed by atoms with van der Waals surface area (Å²) in [6.07, 6.45) is 0. The van der Waals surface area contributed by atoms with E-state index in [1.54, 1.807) is 0 Å². The van der Waals surface area contributed by atoms with E-state index in [2.05, 4.69) is 19.2 Å². The van der Waals surface area contributed by atoms with Crippen molar-refractivity contribution in [3.05, 3.63) is 48.0 Å². The molecule has 0 bridgehead atoms. The Morgan fingerprint density at radius 3 is 2.62 bits per heavy atom. The van der Waals surface area contributed by atoms with Gasteiger partial charge in [-0.2, -0.15) is 12.6 Å². The molecule has 1 nitrogen and oxygen atoms in total. The fraction of sp³-hybridized carbons (Fsp3) is 0.273. The Kier molecular flexibility index (Phi) is 4.65. The molecule has 70 valence electrons. The fourth-order valence-corrected chi connectivity index (χ4v) is 1.02. The lowest BCUT2D eigenvalue weighted by atomic mass is 10.2. The minimum atomic E-state index is 0.596. The fourth-order valence-electron chi connectivity index (χ4n) is 0.933. The summed E-state index contributed by atoms with van der Waals surface area (Å²) >= 11 is 4.10. The Hall–Kier alpha value is -0.730. The van der Waals surface area contributed by atoms with Crippen LogP contribution in [-0.2, 0) is 11.3 Å². The number of rotatable bonds is 5. The van der Waals surface area contributed by atoms with Gasteiger partial charge in [0.05, 0.1) is 13.2 Å². The maximum absolute atomic E-state index is 5.42. The van der Waals surface area contributed by atoms with Gasteiger partial charge in [0.1, 0.15) is 0 Å². The largest absolute Gasteiger partial charge is 0.372 e. The molecule has 0 aliphatic heterocycles. The van der Waals surface area contributed by atoms with Crippen molar-refractivity contribution in [1.29, 1.82) is 0 Å². The SMILES string of the molecule is C=C(CS)COCc1ccccc1. The first kappa shape index (κ1) is 10.4. The second-order valence-electron chi connectivity index (χ2n) is 2.89. The summed E-state index contributed by atoms with van der Waals surface area (Å²) in [6, 6.07) is 10.1. The molecule has 0 radical (unpaired) electrons. The molecule has 0 aliphatic rings. The Balaban J connectivity index is 2.24. The molecule has 0 aliphatic carbocycles. The highest BCUT2D eigenvalue weighted by molar-refractivity contribution is 7.80. The van der Waals surface area contributed by atoms with Gasteiger partial charge in [-0.05, 0) is 11.1 Å². The zero-order valence-electron chi connectivity index (χ0n) is 7.57. The van der Waals surface area contributed by atoms with E-state index in [9.17, 15) is 0 Å². The molecule has 0 amide bonds. The van der Waals surface area contributed by atoms with Crippen molar-refractivity contribution in [1.82, 2.24) is 0 Å². The monoisotopic (exact) mass is 194 g/mol. The molecule has 0 unspecified atom stereocenters. The normalized spacial score (nSPS) is 9.92. The molecular formula is C11H14OS. The van der Waals surface area contributed by atoms with Crippen molar-refractivity contribution >= 4 is 12.6 Å². The Morgan fingerprint density at radius 2 is 2.00 bits per heavy atom. The number of hydrogen-bond acceptors (Lipinski definition) is 2. The third-order valence-corrected chi connectivity index (χ3v) is 2.09. The van der Waals surface area contributed by atoms with E-state index >= 15 is 0 Å². The van der Waals surface area contributed by atoms with Crippen LogP contribution in [0, 0.1) is 0 Å². The lowest BCUT2D eigenvalue weighted by Crippen LogP contribution is -1.98. The minimum Gasteiger partial charge on any atom is -0.372 e. The average molecular weight is 194 g/mol. The Bertz CT molecular complexity index is 256. The zero-order chi connectivity index (χ0) is 9.52. The van der Waals surface area contributed by atoms with Gasteiger partial charge in [0.2, 0.25) is 0 Å². The molecule has 2 heteroatoms. The van der Waals surface area contributed by atoms with E-state index in [0.717, 1.165) is 5.57 Å². The number of ether oxygens (including phenoxy) is 1. The van der Waals surface area contributed by atoms with Crippen LogP contribution in [0.3, 0.4) is 0 Å². The van der Waals surface area contributed by atoms with Crippen molar-refractivity contribution < 1.29 is 4.74 Å². The van der Waals surface area contributed by atoms with Crippen molar-refractivity contribution in [2.24, 2.45) is 0 Å². The molecule has 0 spiro atoms. The highest BCUT2D eigenvalue weighted by Crippen LogP contribution is 2.02. The van der Waals surface area contributed by atoms with Gasteiger partial charge in [-0.15, -0.1) is 0 Å². The van der Waals surface area contributed by atoms with E-state index in [0.29, 0.717) is 19.0 Å². The van der Waals surface area contributed by atoms with Crippen LogP contribution in [0.4, 0.5) is 0 Å². The molecule has 1 aromatic carbocycles. The van der Waals surface area contributed by atoms with Gasteiger partial charge in [-0.3, -0.25) is 0 Å². The topological polar surface area (TPSA) is 9.23 Å². The Labute approximate surface area is 84.8 Å². The highest BCUT2D eigenvalue weighted by Gasteiger charge is 1.93. The van der Waals surface area contributed by atoms with Crippen LogP contribution in [0.5, 0.6) is 0 Å². The molecule has 0 atom stereocenters. The van der Waals surface area contributed by atoms with E-state index in [1.807, 2.05) is 30.3 Å². The van der Waals surface area contributed by atoms with Crippen LogP contribution in [0.25, 0.3) is 0 Å². The zero-order valence-corrected chi connectivity index (χ0v) is 8.47. The standard InChI is InChI=1S/C11H14OS/c1-10(9-13)7-12-8-11-5-3-2-4-6-11/h2-6,13H,1,7-9H2. The summed E-state index contributed by atoms with van der Waals surface area (Å²) in [7, 11) is 0. The van der Waals surface area contributed by atoms with Gasteiger partial charge in [0.25, 0.3) is 0 Å². The first-order valence-corrected chi connectivity index (χ1v) is 4.85. The maximum atomic E-state index is 5.42. The van der Waals surface area contributed by atoms with Crippen LogP contribution < -0.4 is 0 Å². The van der Waals surface area contributed by atoms with Crippen molar-refractivity contribution in [3.63, 3.8) is 0 Å². The second-order valence-corrected chi connectivity index (χ2v) is 3.20. The van der Waals surface area contributed by atoms with Gasteiger partial charge < -0.3 is 4.74 Å². The molecule has 0 heterocycles. The van der Waals surface area contributed by atoms with E-state index in [-0.39, 0.29) is 0 Å². The third kappa shape index (κ3) is 4.15. The van der Waals surface area contributed by atoms with E-state index in [4.69, 9.17) is 4.74 Å². The molecule has 0 fully saturated rings. The summed E-state index contributed by atoms with van der Waals surface area (Å²) in [4.78, 5) is 0. The number of benzene rings is 1. The molecule has 1 aromatic rings. The van der Waals surface area contributed by atoms with E-state index < -0.39 is 0 Å². The van der Waals surface area contributed by atoms with Crippen LogP contribution >= 0.6 is 12.6 Å². The van der Waals surface area contributed by atoms with Crippen molar-refractivity contribution in [2.45, 2.75) is 6.61 Å². The molecule has 0 aromatic heterocycles. The van der Waals surface area contributed by atoms with Crippen LogP contribution in [0.1, 0.15) is 5.56 Å². The first-order chi connectivity index (χ1) is 6.33. The highest BCUT2D eigenvalue weighted by atomic mass is 32.1. The molecule has 13 heavy (non-hydrogen) atoms. The van der Waals surface area contributed by atoms with Crippen LogP contribution in [0.15, 0.2) is 42.5 Å². The number of thiol groups is 1. The summed E-state index contributed by atoms with van der Waals surface area (Å²) in [5, 5.41) is 0. The maximum Gasteiger partial charge on any atom is 0.0721 e. The van der Waals surface area contributed by atoms with Gasteiger partial charge in [-0.1, -0.05) is 36.9 Å². The second kappa shape index (κ2) is 5.84. The molecule has 0 saturated carbocycles. The van der Waals surface area contributed by atoms with Crippen molar-refractivity contribution in [2.75, 3.05) is 12.4 Å². The molecule has 1 rings (SSSR count). The predicted molar refractivity (Wildman–Crippen MR) is 59.1 cm³/mol. The predicted octanol–water partition coefficient (Wildman–Crippen LogP) is 2.69. The molecule has 0 N–H and O–H groups in total. The van der Waals surface area contributed by atoms with Gasteiger partial charge >= 0.3 is 0 Å². The van der Waals surface area contributed by atoms with E-state index in [1.165, 1.54) is 5.56 Å². The number of hydrogen-bond donors (Lipinski definition) is 1. The quantitative estimate of drug-likeness (QED) is 0.560. The van der Waals surface area contributed by atoms with Crippen LogP contribution in [-0.4, -0.2) is 12.4 Å². The average Bonchev–Trinajstić information content (AvgIpc) is 2.19. The summed E-state index contributed by atoms with van der Waals surface area (Å²) in [5.41, 5.74) is 2.20. The minimum absolute atomic E-state index is 0.596. The lowest BCUT2D eigenvalue weighted by Gasteiger charge is -2.04. The van der Waals surface area contributed by atoms with Gasteiger partial charge in [-0.25, -0.2) is 0 Å². The molecule has 0 saturated heterocycles. The Morgan fingerprint density at radius 1 is 1.31 bits per heavy atom. The van der Waals surface area contributed by atoms with Gasteiger partial charge in [0, 0.05) is 5.75 Å². The van der Waals surface area contributed by atoms with Crippen molar-refractivity contribution in [3.8, 4) is 0 Å². The lowest BCUT2D eigenvalue weighted by molar-refractivity contribution is 0.143. The summed E-state index contributed by atoms with van der Waals surface area (Å²) in [5.74, 6) is 0.689. The summed E-state index contributed by atoms with van der Waals surface area (Å²) in [6.45, 7) is 5.05. The smallest absolute Gasteiger partial charge is 0.0721 e. The van der Waals surface area contributed by atoms with Crippen LogP contribution in [0.2, 0.25) is 0 Å². The van der Waals surface area contributed by atoms with Gasteiger partial charge in [0.15, 0.2) is 0 Å². The summed E-state index contributed by atoms with van der Waals surface area (Å²) < 4.78 is 5.42.